The molecule has 1 N–H and O–H groups in total. The van der Waals surface area contributed by atoms with Crippen molar-refractivity contribution in [3.63, 3.8) is 0 Å². The highest BCUT2D eigenvalue weighted by Gasteiger charge is 2.35. The molecule has 19 heavy (non-hydrogen) atoms. The third-order valence-corrected chi connectivity index (χ3v) is 3.42. The molecule has 0 radical (unpaired) electrons. The minimum atomic E-state index is -4.29. The van der Waals surface area contributed by atoms with E-state index in [0.717, 1.165) is 25.5 Å². The largest absolute Gasteiger partial charge is 0.418 e. The predicted octanol–water partition coefficient (Wildman–Crippen LogP) is 3.28. The van der Waals surface area contributed by atoms with Gasteiger partial charge in [-0.05, 0) is 31.5 Å². The summed E-state index contributed by atoms with van der Waals surface area (Å²) in [6.45, 7) is 4.32. The fourth-order valence-electron chi connectivity index (χ4n) is 2.48. The van der Waals surface area contributed by atoms with Crippen LogP contribution in [0.2, 0.25) is 0 Å². The van der Waals surface area contributed by atoms with Gasteiger partial charge < -0.3 is 10.2 Å². The van der Waals surface area contributed by atoms with Crippen LogP contribution in [0.1, 0.15) is 25.3 Å². The molecule has 1 atom stereocenters. The number of rotatable bonds is 4. The molecule has 1 fully saturated rings. The van der Waals surface area contributed by atoms with Crippen LogP contribution in [0.25, 0.3) is 0 Å². The van der Waals surface area contributed by atoms with E-state index in [1.54, 1.807) is 12.1 Å². The summed E-state index contributed by atoms with van der Waals surface area (Å²) in [6, 6.07) is 6.11. The van der Waals surface area contributed by atoms with Crippen LogP contribution in [0.3, 0.4) is 0 Å². The maximum atomic E-state index is 13.0. The number of halogens is 3. The van der Waals surface area contributed by atoms with E-state index in [1.165, 1.54) is 6.07 Å². The lowest BCUT2D eigenvalue weighted by molar-refractivity contribution is -0.137. The van der Waals surface area contributed by atoms with E-state index >= 15 is 0 Å². The summed E-state index contributed by atoms with van der Waals surface area (Å²) in [5.41, 5.74) is -0.234. The Labute approximate surface area is 111 Å². The summed E-state index contributed by atoms with van der Waals surface area (Å²) < 4.78 is 38.9. The normalized spacial score (nSPS) is 20.0. The van der Waals surface area contributed by atoms with Gasteiger partial charge in [0, 0.05) is 24.8 Å². The zero-order valence-corrected chi connectivity index (χ0v) is 11.0. The highest BCUT2D eigenvalue weighted by atomic mass is 19.4. The molecule has 1 unspecified atom stereocenters. The first-order chi connectivity index (χ1) is 9.02. The van der Waals surface area contributed by atoms with Crippen molar-refractivity contribution in [2.75, 3.05) is 24.5 Å². The van der Waals surface area contributed by atoms with Gasteiger partial charge in [0.1, 0.15) is 0 Å². The number of para-hydroxylation sites is 1. The van der Waals surface area contributed by atoms with Gasteiger partial charge >= 0.3 is 6.18 Å². The first kappa shape index (κ1) is 14.2. The van der Waals surface area contributed by atoms with Crippen molar-refractivity contribution in [2.45, 2.75) is 32.0 Å². The Bertz CT molecular complexity index is 417. The molecule has 1 aromatic carbocycles. The number of hydrogen-bond acceptors (Lipinski definition) is 2. The number of alkyl halides is 3. The van der Waals surface area contributed by atoms with Crippen molar-refractivity contribution < 1.29 is 13.2 Å². The molecule has 0 spiro atoms. The second-order valence-corrected chi connectivity index (χ2v) is 4.90. The molecule has 0 aromatic heterocycles. The van der Waals surface area contributed by atoms with Crippen LogP contribution in [-0.4, -0.2) is 25.7 Å². The molecular formula is C14H19F3N2. The van der Waals surface area contributed by atoms with Crippen molar-refractivity contribution >= 4 is 5.69 Å². The molecular weight excluding hydrogens is 253 g/mol. The molecule has 1 saturated heterocycles. The van der Waals surface area contributed by atoms with Crippen molar-refractivity contribution in [1.82, 2.24) is 5.32 Å². The van der Waals surface area contributed by atoms with Crippen molar-refractivity contribution in [3.8, 4) is 0 Å². The zero-order valence-electron chi connectivity index (χ0n) is 11.0. The molecule has 1 aliphatic heterocycles. The van der Waals surface area contributed by atoms with Gasteiger partial charge in [-0.3, -0.25) is 0 Å². The van der Waals surface area contributed by atoms with E-state index in [0.29, 0.717) is 24.8 Å². The third kappa shape index (κ3) is 3.41. The summed E-state index contributed by atoms with van der Waals surface area (Å²) >= 11 is 0. The Kier molecular flexibility index (Phi) is 4.34. The molecule has 1 aliphatic rings. The molecule has 1 aromatic rings. The van der Waals surface area contributed by atoms with Crippen LogP contribution < -0.4 is 10.2 Å². The van der Waals surface area contributed by atoms with Crippen molar-refractivity contribution in [1.29, 1.82) is 0 Å². The summed E-state index contributed by atoms with van der Waals surface area (Å²) in [5, 5.41) is 3.37. The van der Waals surface area contributed by atoms with Crippen LogP contribution in [-0.2, 0) is 6.18 Å². The second kappa shape index (κ2) is 5.82. The molecule has 2 nitrogen and oxygen atoms in total. The number of anilines is 1. The summed E-state index contributed by atoms with van der Waals surface area (Å²) in [7, 11) is 0. The molecule has 106 valence electrons. The van der Waals surface area contributed by atoms with Gasteiger partial charge in [-0.1, -0.05) is 19.1 Å². The van der Waals surface area contributed by atoms with Gasteiger partial charge in [0.15, 0.2) is 0 Å². The minimum absolute atomic E-state index is 0.293. The van der Waals surface area contributed by atoms with Gasteiger partial charge in [-0.2, -0.15) is 13.2 Å². The maximum absolute atomic E-state index is 13.0. The Morgan fingerprint density at radius 1 is 1.32 bits per heavy atom. The summed E-state index contributed by atoms with van der Waals surface area (Å²) in [6.07, 6.45) is -2.35. The van der Waals surface area contributed by atoms with Crippen molar-refractivity contribution in [2.24, 2.45) is 0 Å². The third-order valence-electron chi connectivity index (χ3n) is 3.42. The Balaban J connectivity index is 2.11. The van der Waals surface area contributed by atoms with Gasteiger partial charge in [0.25, 0.3) is 0 Å². The van der Waals surface area contributed by atoms with Crippen LogP contribution in [0.4, 0.5) is 18.9 Å². The number of benzene rings is 1. The van der Waals surface area contributed by atoms with E-state index in [4.69, 9.17) is 0 Å². The van der Waals surface area contributed by atoms with Crippen LogP contribution >= 0.6 is 0 Å². The molecule has 0 amide bonds. The molecule has 0 bridgehead atoms. The quantitative estimate of drug-likeness (QED) is 0.905. The average molecular weight is 272 g/mol. The molecule has 5 heteroatoms. The lowest BCUT2D eigenvalue weighted by atomic mass is 10.1. The fraction of sp³-hybridized carbons (Fsp3) is 0.571. The van der Waals surface area contributed by atoms with E-state index in [1.807, 2.05) is 4.90 Å². The highest BCUT2D eigenvalue weighted by Crippen LogP contribution is 2.37. The van der Waals surface area contributed by atoms with Crippen LogP contribution in [0.5, 0.6) is 0 Å². The zero-order chi connectivity index (χ0) is 13.9. The Hall–Kier alpha value is -1.23. The fourth-order valence-corrected chi connectivity index (χ4v) is 2.48. The molecule has 0 saturated carbocycles. The monoisotopic (exact) mass is 272 g/mol. The van der Waals surface area contributed by atoms with E-state index < -0.39 is 11.7 Å². The van der Waals surface area contributed by atoms with Gasteiger partial charge in [0.05, 0.1) is 5.56 Å². The molecule has 2 rings (SSSR count). The van der Waals surface area contributed by atoms with Gasteiger partial charge in [0.2, 0.25) is 0 Å². The second-order valence-electron chi connectivity index (χ2n) is 4.90. The Morgan fingerprint density at radius 2 is 2.05 bits per heavy atom. The number of hydrogen-bond donors (Lipinski definition) is 1. The predicted molar refractivity (Wildman–Crippen MR) is 70.4 cm³/mol. The first-order valence-corrected chi connectivity index (χ1v) is 6.67. The van der Waals surface area contributed by atoms with Crippen LogP contribution in [0.15, 0.2) is 24.3 Å². The van der Waals surface area contributed by atoms with Gasteiger partial charge in [-0.25, -0.2) is 0 Å². The first-order valence-electron chi connectivity index (χ1n) is 6.67. The van der Waals surface area contributed by atoms with Crippen molar-refractivity contribution in [3.05, 3.63) is 29.8 Å². The van der Waals surface area contributed by atoms with E-state index in [9.17, 15) is 13.2 Å². The molecule has 0 aliphatic carbocycles. The smallest absolute Gasteiger partial charge is 0.369 e. The molecule has 1 heterocycles. The minimum Gasteiger partial charge on any atom is -0.369 e. The summed E-state index contributed by atoms with van der Waals surface area (Å²) in [5.74, 6) is 0. The number of nitrogens with one attached hydrogen (secondary N) is 1. The Morgan fingerprint density at radius 3 is 2.74 bits per heavy atom. The lowest BCUT2D eigenvalue weighted by Gasteiger charge is -2.23. The topological polar surface area (TPSA) is 15.3 Å². The SMILES string of the molecule is CCCNC1CCN(c2ccccc2C(F)(F)F)C1. The average Bonchev–Trinajstić information content (AvgIpc) is 2.84. The summed E-state index contributed by atoms with van der Waals surface area (Å²) in [4.78, 5) is 1.83. The highest BCUT2D eigenvalue weighted by molar-refractivity contribution is 5.55. The lowest BCUT2D eigenvalue weighted by Crippen LogP contribution is -2.33. The number of nitrogens with zero attached hydrogens (tertiary/aromatic N) is 1. The van der Waals surface area contributed by atoms with E-state index in [-0.39, 0.29) is 0 Å². The van der Waals surface area contributed by atoms with E-state index in [2.05, 4.69) is 12.2 Å². The standard InChI is InChI=1S/C14H19F3N2/c1-2-8-18-11-7-9-19(10-11)13-6-4-3-5-12(13)14(15,16)17/h3-6,11,18H,2,7-10H2,1H3. The van der Waals surface area contributed by atoms with Gasteiger partial charge in [-0.15, -0.1) is 0 Å². The van der Waals surface area contributed by atoms with Crippen LogP contribution in [0, 0.1) is 0 Å². The maximum Gasteiger partial charge on any atom is 0.418 e.